The fourth-order valence-corrected chi connectivity index (χ4v) is 4.43. The molecule has 2 N–H and O–H groups in total. The molecule has 9 heteroatoms. The van der Waals surface area contributed by atoms with Crippen molar-refractivity contribution < 1.29 is 4.79 Å². The Hall–Kier alpha value is -2.62. The number of fused-ring (bicyclic) bond motifs is 1. The van der Waals surface area contributed by atoms with Gasteiger partial charge in [-0.3, -0.25) is 9.59 Å². The van der Waals surface area contributed by atoms with E-state index in [-0.39, 0.29) is 11.3 Å². The molecule has 2 aromatic rings. The third kappa shape index (κ3) is 2.93. The maximum absolute atomic E-state index is 12.2. The molecule has 3 heterocycles. The van der Waals surface area contributed by atoms with E-state index in [0.717, 1.165) is 0 Å². The van der Waals surface area contributed by atoms with Crippen molar-refractivity contribution in [1.29, 1.82) is 10.5 Å². The summed E-state index contributed by atoms with van der Waals surface area (Å²) in [5.74, 6) is -0.606. The molecule has 0 unspecified atom stereocenters. The van der Waals surface area contributed by atoms with Crippen molar-refractivity contribution in [3.05, 3.63) is 38.2 Å². The zero-order valence-corrected chi connectivity index (χ0v) is 15.0. The van der Waals surface area contributed by atoms with E-state index in [1.165, 1.54) is 23.1 Å². The number of hydrogen-bond donors (Lipinski definition) is 2. The van der Waals surface area contributed by atoms with E-state index in [0.29, 0.717) is 26.6 Å². The average molecular weight is 371 g/mol. The maximum Gasteiger partial charge on any atom is 0.268 e. The predicted octanol–water partition coefficient (Wildman–Crippen LogP) is 2.25. The highest BCUT2D eigenvalue weighted by atomic mass is 32.2. The van der Waals surface area contributed by atoms with Crippen molar-refractivity contribution in [3.63, 3.8) is 0 Å². The Morgan fingerprint density at radius 1 is 1.40 bits per heavy atom. The van der Waals surface area contributed by atoms with E-state index >= 15 is 0 Å². The number of rotatable bonds is 3. The van der Waals surface area contributed by atoms with Gasteiger partial charge in [0.25, 0.3) is 5.56 Å². The average Bonchev–Trinajstić information content (AvgIpc) is 3.01. The summed E-state index contributed by atoms with van der Waals surface area (Å²) in [6.07, 6.45) is 0. The van der Waals surface area contributed by atoms with E-state index in [1.54, 1.807) is 25.3 Å². The van der Waals surface area contributed by atoms with Crippen molar-refractivity contribution in [1.82, 2.24) is 15.3 Å². The van der Waals surface area contributed by atoms with Gasteiger partial charge >= 0.3 is 0 Å². The second-order valence-electron chi connectivity index (χ2n) is 6.03. The highest BCUT2D eigenvalue weighted by molar-refractivity contribution is 8.02. The maximum atomic E-state index is 12.2. The fourth-order valence-electron chi connectivity index (χ4n) is 2.66. The molecule has 2 aromatic heterocycles. The third-order valence-corrected chi connectivity index (χ3v) is 5.97. The van der Waals surface area contributed by atoms with Crippen LogP contribution in [0.4, 0.5) is 0 Å². The molecule has 0 saturated heterocycles. The SMILES string of the molecule is CC1(C)C(C#N)=C(SCc2nc3ccsc3c(=O)[nH]2)NC(=O)[C@H]1C#N. The topological polar surface area (TPSA) is 122 Å². The standard InChI is InChI=1S/C16H13N5O2S2/c1-16(2)8(5-17)13(22)21-15(9(16)6-18)25-7-11-19-10-3-4-24-12(10)14(23)20-11/h3-4,8H,7H2,1-2H3,(H,21,22)(H,19,20,23)/t8-/m1/s1. The van der Waals surface area contributed by atoms with Crippen LogP contribution in [0.15, 0.2) is 26.8 Å². The summed E-state index contributed by atoms with van der Waals surface area (Å²) in [4.78, 5) is 31.3. The van der Waals surface area contributed by atoms with Crippen LogP contribution in [0.5, 0.6) is 0 Å². The second kappa shape index (κ2) is 6.36. The molecule has 7 nitrogen and oxygen atoms in total. The first-order chi connectivity index (χ1) is 11.9. The molecule has 0 aromatic carbocycles. The predicted molar refractivity (Wildman–Crippen MR) is 95.2 cm³/mol. The van der Waals surface area contributed by atoms with Gasteiger partial charge in [0.05, 0.1) is 34.0 Å². The van der Waals surface area contributed by atoms with Crippen molar-refractivity contribution in [2.24, 2.45) is 11.3 Å². The van der Waals surface area contributed by atoms with Crippen LogP contribution in [0.2, 0.25) is 0 Å². The first-order valence-electron chi connectivity index (χ1n) is 7.33. The van der Waals surface area contributed by atoms with E-state index in [1.807, 2.05) is 6.07 Å². The molecule has 0 radical (unpaired) electrons. The van der Waals surface area contributed by atoms with Crippen molar-refractivity contribution >= 4 is 39.2 Å². The van der Waals surface area contributed by atoms with Gasteiger partial charge in [0.2, 0.25) is 5.91 Å². The summed E-state index contributed by atoms with van der Waals surface area (Å²) in [6.45, 7) is 3.41. The first kappa shape index (κ1) is 17.2. The summed E-state index contributed by atoms with van der Waals surface area (Å²) in [6, 6.07) is 5.84. The molecule has 25 heavy (non-hydrogen) atoms. The lowest BCUT2D eigenvalue weighted by Crippen LogP contribution is -2.44. The highest BCUT2D eigenvalue weighted by Gasteiger charge is 2.44. The summed E-state index contributed by atoms with van der Waals surface area (Å²) >= 11 is 2.53. The van der Waals surface area contributed by atoms with Crippen LogP contribution in [-0.4, -0.2) is 15.9 Å². The van der Waals surface area contributed by atoms with Crippen molar-refractivity contribution in [2.45, 2.75) is 19.6 Å². The van der Waals surface area contributed by atoms with Crippen molar-refractivity contribution in [2.75, 3.05) is 0 Å². The number of aromatic amines is 1. The monoisotopic (exact) mass is 371 g/mol. The number of H-pyrrole nitrogens is 1. The Kier molecular flexibility index (Phi) is 4.38. The van der Waals surface area contributed by atoms with Crippen LogP contribution < -0.4 is 10.9 Å². The Bertz CT molecular complexity index is 1040. The molecule has 0 fully saturated rings. The number of carbonyl (C=O) groups is 1. The number of nitrogens with zero attached hydrogens (tertiary/aromatic N) is 3. The summed E-state index contributed by atoms with van der Waals surface area (Å²) < 4.78 is 0.564. The van der Waals surface area contributed by atoms with Gasteiger partial charge in [0, 0.05) is 5.41 Å². The van der Waals surface area contributed by atoms with Gasteiger partial charge in [-0.05, 0) is 11.4 Å². The molecule has 126 valence electrons. The molecule has 3 rings (SSSR count). The fraction of sp³-hybridized carbons (Fsp3) is 0.312. The van der Waals surface area contributed by atoms with Gasteiger partial charge in [0.15, 0.2) is 0 Å². The number of aromatic nitrogens is 2. The number of thioether (sulfide) groups is 1. The van der Waals surface area contributed by atoms with Crippen LogP contribution in [-0.2, 0) is 10.5 Å². The number of carbonyl (C=O) groups excluding carboxylic acids is 1. The lowest BCUT2D eigenvalue weighted by atomic mass is 9.72. The van der Waals surface area contributed by atoms with Gasteiger partial charge in [-0.1, -0.05) is 25.6 Å². The molecular formula is C16H13N5O2S2. The van der Waals surface area contributed by atoms with Crippen LogP contribution in [0.3, 0.4) is 0 Å². The van der Waals surface area contributed by atoms with Crippen LogP contribution in [0.1, 0.15) is 19.7 Å². The van der Waals surface area contributed by atoms with Crippen LogP contribution in [0, 0.1) is 34.0 Å². The molecule has 0 aliphatic carbocycles. The molecule has 1 aliphatic heterocycles. The summed E-state index contributed by atoms with van der Waals surface area (Å²) in [7, 11) is 0. The number of allylic oxidation sites excluding steroid dienone is 1. The number of thiophene rings is 1. The lowest BCUT2D eigenvalue weighted by molar-refractivity contribution is -0.125. The quantitative estimate of drug-likeness (QED) is 0.853. The van der Waals surface area contributed by atoms with Gasteiger partial charge in [0.1, 0.15) is 16.4 Å². The Morgan fingerprint density at radius 2 is 2.16 bits per heavy atom. The minimum absolute atomic E-state index is 0.206. The highest BCUT2D eigenvalue weighted by Crippen LogP contribution is 2.42. The van der Waals surface area contributed by atoms with Gasteiger partial charge < -0.3 is 10.3 Å². The molecule has 1 aliphatic rings. The zero-order valence-electron chi connectivity index (χ0n) is 13.4. The van der Waals surface area contributed by atoms with E-state index in [9.17, 15) is 20.1 Å². The van der Waals surface area contributed by atoms with Gasteiger partial charge in [-0.25, -0.2) is 4.98 Å². The molecule has 1 atom stereocenters. The Morgan fingerprint density at radius 3 is 2.84 bits per heavy atom. The summed E-state index contributed by atoms with van der Waals surface area (Å²) in [5.41, 5.74) is -0.117. The number of amides is 1. The van der Waals surface area contributed by atoms with Crippen LogP contribution in [0.25, 0.3) is 10.2 Å². The number of nitriles is 2. The summed E-state index contributed by atoms with van der Waals surface area (Å²) in [5, 5.41) is 23.5. The number of hydrogen-bond acceptors (Lipinski definition) is 7. The molecule has 0 bridgehead atoms. The number of nitrogens with one attached hydrogen (secondary N) is 2. The minimum atomic E-state index is -0.924. The molecule has 1 amide bonds. The smallest absolute Gasteiger partial charge is 0.268 e. The normalized spacial score (nSPS) is 19.4. The van der Waals surface area contributed by atoms with E-state index in [2.05, 4.69) is 21.4 Å². The lowest BCUT2D eigenvalue weighted by Gasteiger charge is -2.34. The molecular weight excluding hydrogens is 358 g/mol. The molecule has 0 saturated carbocycles. The largest absolute Gasteiger partial charge is 0.319 e. The Balaban J connectivity index is 1.92. The van der Waals surface area contributed by atoms with Gasteiger partial charge in [-0.15, -0.1) is 11.3 Å². The minimum Gasteiger partial charge on any atom is -0.319 e. The van der Waals surface area contributed by atoms with Crippen LogP contribution >= 0.6 is 23.1 Å². The van der Waals surface area contributed by atoms with Crippen molar-refractivity contribution in [3.8, 4) is 12.1 Å². The zero-order chi connectivity index (χ0) is 18.2. The van der Waals surface area contributed by atoms with E-state index in [4.69, 9.17) is 0 Å². The molecule has 0 spiro atoms. The Labute approximate surface area is 151 Å². The second-order valence-corrected chi connectivity index (χ2v) is 7.93. The first-order valence-corrected chi connectivity index (χ1v) is 9.19. The third-order valence-electron chi connectivity index (χ3n) is 4.05. The van der Waals surface area contributed by atoms with E-state index < -0.39 is 17.2 Å². The van der Waals surface area contributed by atoms with Gasteiger partial charge in [-0.2, -0.15) is 10.5 Å².